The van der Waals surface area contributed by atoms with Gasteiger partial charge in [-0.15, -0.1) is 0 Å². The fourth-order valence-corrected chi connectivity index (χ4v) is 0.786. The van der Waals surface area contributed by atoms with Crippen molar-refractivity contribution < 1.29 is 12.8 Å². The molecule has 0 radical (unpaired) electrons. The molecule has 1 unspecified atom stereocenters. The van der Waals surface area contributed by atoms with Crippen molar-refractivity contribution in [3.63, 3.8) is 0 Å². The smallest absolute Gasteiger partial charge is 0.163 e. The summed E-state index contributed by atoms with van der Waals surface area (Å²) in [6, 6.07) is -0.601. The topological polar surface area (TPSA) is 46.2 Å². The standard InChI is InChI=1S/C9H16FNO2S/c1-9(2,14(4,12)13)6-5-8(7-10)11-3/h8,11H,7H2,1-4H3. The molecule has 0 rings (SSSR count). The van der Waals surface area contributed by atoms with E-state index in [0.717, 1.165) is 6.26 Å². The van der Waals surface area contributed by atoms with Crippen LogP contribution in [0.25, 0.3) is 0 Å². The summed E-state index contributed by atoms with van der Waals surface area (Å²) in [5, 5.41) is 2.63. The van der Waals surface area contributed by atoms with E-state index in [2.05, 4.69) is 17.2 Å². The zero-order valence-corrected chi connectivity index (χ0v) is 9.70. The Morgan fingerprint density at radius 1 is 1.50 bits per heavy atom. The highest BCUT2D eigenvalue weighted by Gasteiger charge is 2.27. The Balaban J connectivity index is 4.81. The molecular weight excluding hydrogens is 205 g/mol. The average molecular weight is 221 g/mol. The Morgan fingerprint density at radius 3 is 2.29 bits per heavy atom. The van der Waals surface area contributed by atoms with Crippen LogP contribution >= 0.6 is 0 Å². The van der Waals surface area contributed by atoms with E-state index in [9.17, 15) is 12.8 Å². The molecule has 3 nitrogen and oxygen atoms in total. The maximum Gasteiger partial charge on any atom is 0.163 e. The van der Waals surface area contributed by atoms with Gasteiger partial charge in [0.15, 0.2) is 9.84 Å². The zero-order valence-electron chi connectivity index (χ0n) is 8.89. The van der Waals surface area contributed by atoms with Gasteiger partial charge in [0, 0.05) is 6.26 Å². The lowest BCUT2D eigenvalue weighted by atomic mass is 10.2. The predicted octanol–water partition coefficient (Wildman–Crippen LogP) is 0.370. The van der Waals surface area contributed by atoms with Crippen molar-refractivity contribution in [1.82, 2.24) is 5.32 Å². The lowest BCUT2D eigenvalue weighted by molar-refractivity contribution is 0.440. The fraction of sp³-hybridized carbons (Fsp3) is 0.778. The maximum absolute atomic E-state index is 12.2. The minimum absolute atomic E-state index is 0.601. The molecule has 0 aliphatic rings. The second kappa shape index (κ2) is 4.76. The van der Waals surface area contributed by atoms with Crippen molar-refractivity contribution in [3.8, 4) is 11.8 Å². The first kappa shape index (κ1) is 13.4. The molecule has 82 valence electrons. The van der Waals surface area contributed by atoms with Gasteiger partial charge in [-0.05, 0) is 20.9 Å². The van der Waals surface area contributed by atoms with Crippen molar-refractivity contribution in [3.05, 3.63) is 0 Å². The largest absolute Gasteiger partial charge is 0.305 e. The normalized spacial score (nSPS) is 14.4. The summed E-state index contributed by atoms with van der Waals surface area (Å²) in [4.78, 5) is 0. The lowest BCUT2D eigenvalue weighted by Crippen LogP contribution is -2.31. The number of rotatable bonds is 3. The quantitative estimate of drug-likeness (QED) is 0.700. The molecule has 0 aliphatic carbocycles. The Kier molecular flexibility index (Phi) is 4.56. The molecule has 0 aliphatic heterocycles. The van der Waals surface area contributed by atoms with Gasteiger partial charge in [-0.25, -0.2) is 12.8 Å². The average Bonchev–Trinajstić information content (AvgIpc) is 2.04. The van der Waals surface area contributed by atoms with Crippen molar-refractivity contribution >= 4 is 9.84 Å². The van der Waals surface area contributed by atoms with E-state index in [1.54, 1.807) is 7.05 Å². The van der Waals surface area contributed by atoms with Crippen LogP contribution in [0.2, 0.25) is 0 Å². The van der Waals surface area contributed by atoms with Gasteiger partial charge >= 0.3 is 0 Å². The fourth-order valence-electron chi connectivity index (χ4n) is 0.542. The molecule has 0 saturated carbocycles. The van der Waals surface area contributed by atoms with E-state index in [-0.39, 0.29) is 0 Å². The first-order chi connectivity index (χ1) is 6.24. The van der Waals surface area contributed by atoms with E-state index in [1.807, 2.05) is 0 Å². The van der Waals surface area contributed by atoms with E-state index >= 15 is 0 Å². The van der Waals surface area contributed by atoms with Gasteiger partial charge in [0.1, 0.15) is 11.4 Å². The number of alkyl halides is 1. The van der Waals surface area contributed by atoms with Crippen molar-refractivity contribution in [2.45, 2.75) is 24.6 Å². The maximum atomic E-state index is 12.2. The highest BCUT2D eigenvalue weighted by Crippen LogP contribution is 2.12. The Labute approximate surface area is 85.0 Å². The SMILES string of the molecule is CNC(C#CC(C)(C)S(C)(=O)=O)CF. The van der Waals surface area contributed by atoms with E-state index in [1.165, 1.54) is 13.8 Å². The first-order valence-electron chi connectivity index (χ1n) is 4.20. The van der Waals surface area contributed by atoms with Gasteiger partial charge in [0.05, 0.1) is 6.04 Å². The predicted molar refractivity (Wildman–Crippen MR) is 55.5 cm³/mol. The molecule has 0 spiro atoms. The second-order valence-electron chi connectivity index (χ2n) is 3.55. The molecule has 0 heterocycles. The van der Waals surface area contributed by atoms with Crippen LogP contribution in [0, 0.1) is 11.8 Å². The molecule has 5 heteroatoms. The van der Waals surface area contributed by atoms with Gasteiger partial charge < -0.3 is 5.32 Å². The number of hydrogen-bond donors (Lipinski definition) is 1. The summed E-state index contributed by atoms with van der Waals surface area (Å²) in [7, 11) is -1.66. The summed E-state index contributed by atoms with van der Waals surface area (Å²) in [6.45, 7) is 2.36. The summed E-state index contributed by atoms with van der Waals surface area (Å²) >= 11 is 0. The molecule has 14 heavy (non-hydrogen) atoms. The van der Waals surface area contributed by atoms with Crippen LogP contribution in [-0.4, -0.2) is 39.2 Å². The Hall–Kier alpha value is -0.600. The van der Waals surface area contributed by atoms with Crippen LogP contribution in [0.15, 0.2) is 0 Å². The number of halogens is 1. The molecule has 1 atom stereocenters. The number of hydrogen-bond acceptors (Lipinski definition) is 3. The highest BCUT2D eigenvalue weighted by atomic mass is 32.2. The second-order valence-corrected chi connectivity index (χ2v) is 6.11. The first-order valence-corrected chi connectivity index (χ1v) is 6.09. The molecule has 0 aromatic heterocycles. The highest BCUT2D eigenvalue weighted by molar-refractivity contribution is 7.92. The van der Waals surface area contributed by atoms with Gasteiger partial charge in [-0.3, -0.25) is 0 Å². The minimum atomic E-state index is -3.24. The Morgan fingerprint density at radius 2 is 2.00 bits per heavy atom. The molecular formula is C9H16FNO2S. The van der Waals surface area contributed by atoms with Gasteiger partial charge in [0.25, 0.3) is 0 Å². The van der Waals surface area contributed by atoms with Crippen molar-refractivity contribution in [2.75, 3.05) is 20.0 Å². The number of nitrogens with one attached hydrogen (secondary N) is 1. The van der Waals surface area contributed by atoms with Crippen molar-refractivity contribution in [2.24, 2.45) is 0 Å². The van der Waals surface area contributed by atoms with Crippen LogP contribution in [0.5, 0.6) is 0 Å². The van der Waals surface area contributed by atoms with Crippen LogP contribution in [-0.2, 0) is 9.84 Å². The van der Waals surface area contributed by atoms with Crippen LogP contribution in [0.4, 0.5) is 4.39 Å². The molecule has 0 saturated heterocycles. The summed E-state index contributed by atoms with van der Waals surface area (Å²) < 4.78 is 33.5. The monoisotopic (exact) mass is 221 g/mol. The molecule has 0 amide bonds. The third-order valence-electron chi connectivity index (χ3n) is 1.98. The van der Waals surface area contributed by atoms with Crippen LogP contribution in [0.1, 0.15) is 13.8 Å². The zero-order chi connectivity index (χ0) is 11.4. The molecule has 0 aromatic rings. The van der Waals surface area contributed by atoms with E-state index in [4.69, 9.17) is 0 Å². The summed E-state index contributed by atoms with van der Waals surface area (Å²) in [5.74, 6) is 5.11. The lowest BCUT2D eigenvalue weighted by Gasteiger charge is -2.15. The summed E-state index contributed by atoms with van der Waals surface area (Å²) in [6.07, 6.45) is 1.12. The number of sulfone groups is 1. The minimum Gasteiger partial charge on any atom is -0.305 e. The molecule has 0 fully saturated rings. The molecule has 0 bridgehead atoms. The summed E-state index contributed by atoms with van der Waals surface area (Å²) in [5.41, 5.74) is 0. The van der Waals surface area contributed by atoms with Gasteiger partial charge in [-0.2, -0.15) is 0 Å². The van der Waals surface area contributed by atoms with E-state index < -0.39 is 27.3 Å². The van der Waals surface area contributed by atoms with Crippen LogP contribution < -0.4 is 5.32 Å². The van der Waals surface area contributed by atoms with E-state index in [0.29, 0.717) is 0 Å². The molecule has 0 aromatic carbocycles. The Bertz CT molecular complexity index is 334. The van der Waals surface area contributed by atoms with Crippen LogP contribution in [0.3, 0.4) is 0 Å². The third kappa shape index (κ3) is 3.64. The third-order valence-corrected chi connectivity index (χ3v) is 3.93. The molecule has 1 N–H and O–H groups in total. The van der Waals surface area contributed by atoms with Gasteiger partial charge in [-0.1, -0.05) is 11.8 Å². The van der Waals surface area contributed by atoms with Crippen molar-refractivity contribution in [1.29, 1.82) is 0 Å². The van der Waals surface area contributed by atoms with Gasteiger partial charge in [0.2, 0.25) is 0 Å².